The van der Waals surface area contributed by atoms with Crippen molar-refractivity contribution in [2.45, 2.75) is 53.1 Å². The van der Waals surface area contributed by atoms with Crippen molar-refractivity contribution in [2.24, 2.45) is 5.92 Å². The molecular formula is C16H31N3OS. The average Bonchev–Trinajstić information content (AvgIpc) is 2.86. The molecule has 0 radical (unpaired) electrons. The molecule has 0 saturated carbocycles. The Morgan fingerprint density at radius 1 is 1.29 bits per heavy atom. The van der Waals surface area contributed by atoms with Gasteiger partial charge in [0.25, 0.3) is 0 Å². The molecule has 1 atom stereocenters. The van der Waals surface area contributed by atoms with E-state index in [9.17, 15) is 0 Å². The highest BCUT2D eigenvalue weighted by molar-refractivity contribution is 7.99. The zero-order valence-electron chi connectivity index (χ0n) is 14.3. The van der Waals surface area contributed by atoms with E-state index in [1.165, 1.54) is 11.4 Å². The first kappa shape index (κ1) is 18.4. The maximum absolute atomic E-state index is 5.53. The molecule has 0 aliphatic heterocycles. The van der Waals surface area contributed by atoms with E-state index in [0.29, 0.717) is 6.04 Å². The van der Waals surface area contributed by atoms with Gasteiger partial charge in [0.1, 0.15) is 0 Å². The van der Waals surface area contributed by atoms with Gasteiger partial charge in [-0.1, -0.05) is 20.8 Å². The summed E-state index contributed by atoms with van der Waals surface area (Å²) in [5, 5.41) is 8.15. The molecular weight excluding hydrogens is 282 g/mol. The number of hydrogen-bond donors (Lipinski definition) is 1. The van der Waals surface area contributed by atoms with Crippen LogP contribution >= 0.6 is 11.8 Å². The first-order valence-corrected chi connectivity index (χ1v) is 9.09. The summed E-state index contributed by atoms with van der Waals surface area (Å²) in [6.45, 7) is 12.1. The van der Waals surface area contributed by atoms with Gasteiger partial charge in [0.15, 0.2) is 5.75 Å². The van der Waals surface area contributed by atoms with Crippen LogP contribution in [0, 0.1) is 5.92 Å². The molecule has 1 aromatic heterocycles. The molecule has 0 aromatic carbocycles. The molecule has 21 heavy (non-hydrogen) atoms. The quantitative estimate of drug-likeness (QED) is 0.711. The molecule has 122 valence electrons. The molecule has 1 N–H and O–H groups in total. The second-order valence-electron chi connectivity index (χ2n) is 6.07. The van der Waals surface area contributed by atoms with Crippen LogP contribution in [0.15, 0.2) is 6.20 Å². The van der Waals surface area contributed by atoms with Crippen molar-refractivity contribution in [2.75, 3.05) is 25.2 Å². The van der Waals surface area contributed by atoms with Gasteiger partial charge < -0.3 is 10.1 Å². The number of nitrogens with zero attached hydrogens (tertiary/aromatic N) is 2. The second-order valence-corrected chi connectivity index (χ2v) is 7.15. The number of methoxy groups -OCH3 is 1. The molecule has 0 fully saturated rings. The van der Waals surface area contributed by atoms with Gasteiger partial charge in [-0.3, -0.25) is 4.68 Å². The van der Waals surface area contributed by atoms with Gasteiger partial charge in [0, 0.05) is 11.8 Å². The molecule has 4 nitrogen and oxygen atoms in total. The minimum absolute atomic E-state index is 0.286. The van der Waals surface area contributed by atoms with Crippen molar-refractivity contribution in [1.29, 1.82) is 0 Å². The molecule has 0 aliphatic carbocycles. The molecule has 0 bridgehead atoms. The summed E-state index contributed by atoms with van der Waals surface area (Å²) < 4.78 is 7.62. The van der Waals surface area contributed by atoms with Gasteiger partial charge in [-0.25, -0.2) is 0 Å². The highest BCUT2D eigenvalue weighted by Gasteiger charge is 2.23. The third-order valence-electron chi connectivity index (χ3n) is 3.21. The van der Waals surface area contributed by atoms with Crippen LogP contribution in [0.5, 0.6) is 5.75 Å². The maximum atomic E-state index is 5.53. The lowest BCUT2D eigenvalue weighted by atomic mass is 10.2. The topological polar surface area (TPSA) is 39.1 Å². The Kier molecular flexibility index (Phi) is 8.19. The van der Waals surface area contributed by atoms with Crippen LogP contribution in [0.1, 0.15) is 58.8 Å². The van der Waals surface area contributed by atoms with Crippen molar-refractivity contribution in [1.82, 2.24) is 15.1 Å². The third kappa shape index (κ3) is 5.55. The van der Waals surface area contributed by atoms with Crippen molar-refractivity contribution in [3.63, 3.8) is 0 Å². The average molecular weight is 314 g/mol. The van der Waals surface area contributed by atoms with Gasteiger partial charge in [-0.15, -0.1) is 0 Å². The molecule has 5 heteroatoms. The fraction of sp³-hybridized carbons (Fsp3) is 0.812. The summed E-state index contributed by atoms with van der Waals surface area (Å²) in [6, 6.07) is 0.624. The van der Waals surface area contributed by atoms with E-state index in [1.807, 2.05) is 18.0 Å². The Morgan fingerprint density at radius 3 is 2.52 bits per heavy atom. The fourth-order valence-electron chi connectivity index (χ4n) is 2.23. The summed E-state index contributed by atoms with van der Waals surface area (Å²) in [7, 11) is 1.73. The minimum Gasteiger partial charge on any atom is -0.493 e. The summed E-state index contributed by atoms with van der Waals surface area (Å²) in [5.41, 5.74) is 1.18. The van der Waals surface area contributed by atoms with Crippen LogP contribution in [0.25, 0.3) is 0 Å². The summed E-state index contributed by atoms with van der Waals surface area (Å²) in [6.07, 6.45) is 2.96. The lowest BCUT2D eigenvalue weighted by Crippen LogP contribution is -2.28. The summed E-state index contributed by atoms with van der Waals surface area (Å²) in [4.78, 5) is 0. The Morgan fingerprint density at radius 2 is 2.00 bits per heavy atom. The zero-order valence-corrected chi connectivity index (χ0v) is 15.2. The highest BCUT2D eigenvalue weighted by atomic mass is 32.2. The van der Waals surface area contributed by atoms with E-state index in [2.05, 4.69) is 49.7 Å². The van der Waals surface area contributed by atoms with Crippen LogP contribution in [-0.4, -0.2) is 34.9 Å². The number of aromatic nitrogens is 2. The lowest BCUT2D eigenvalue weighted by molar-refractivity contribution is 0.390. The maximum Gasteiger partial charge on any atom is 0.161 e. The molecule has 0 amide bonds. The van der Waals surface area contributed by atoms with Crippen molar-refractivity contribution < 1.29 is 4.74 Å². The number of rotatable bonds is 10. The van der Waals surface area contributed by atoms with Crippen molar-refractivity contribution in [3.8, 4) is 5.75 Å². The summed E-state index contributed by atoms with van der Waals surface area (Å²) >= 11 is 2.00. The summed E-state index contributed by atoms with van der Waals surface area (Å²) in [5.74, 6) is 3.84. The van der Waals surface area contributed by atoms with E-state index < -0.39 is 0 Å². The predicted octanol–water partition coefficient (Wildman–Crippen LogP) is 3.90. The molecule has 1 unspecified atom stereocenters. The lowest BCUT2D eigenvalue weighted by Gasteiger charge is -2.22. The molecule has 0 aliphatic rings. The predicted molar refractivity (Wildman–Crippen MR) is 92.4 cm³/mol. The van der Waals surface area contributed by atoms with E-state index in [-0.39, 0.29) is 6.04 Å². The Balaban J connectivity index is 2.92. The number of thioether (sulfide) groups is 1. The van der Waals surface area contributed by atoms with Crippen molar-refractivity contribution >= 4 is 11.8 Å². The van der Waals surface area contributed by atoms with Gasteiger partial charge in [-0.2, -0.15) is 16.9 Å². The van der Waals surface area contributed by atoms with E-state index in [4.69, 9.17) is 4.74 Å². The molecule has 1 heterocycles. The van der Waals surface area contributed by atoms with E-state index >= 15 is 0 Å². The Bertz CT molecular complexity index is 404. The largest absolute Gasteiger partial charge is 0.493 e. The minimum atomic E-state index is 0.286. The second kappa shape index (κ2) is 9.36. The molecule has 1 rings (SSSR count). The standard InChI is InChI=1S/C16H31N3OS/c1-7-8-17-14(11-21-10-12(2)3)16-15(20-6)9-18-19(16)13(4)5/h9,12-14,17H,7-8,10-11H2,1-6H3. The van der Waals surface area contributed by atoms with Crippen LogP contribution in [0.4, 0.5) is 0 Å². The van der Waals surface area contributed by atoms with E-state index in [0.717, 1.165) is 30.4 Å². The molecule has 0 spiro atoms. The molecule has 1 aromatic rings. The van der Waals surface area contributed by atoms with Gasteiger partial charge in [-0.05, 0) is 38.5 Å². The fourth-order valence-corrected chi connectivity index (χ4v) is 3.35. The van der Waals surface area contributed by atoms with Gasteiger partial charge in [0.05, 0.1) is 25.0 Å². The zero-order chi connectivity index (χ0) is 15.8. The van der Waals surface area contributed by atoms with Crippen LogP contribution in [0.3, 0.4) is 0 Å². The highest BCUT2D eigenvalue weighted by Crippen LogP contribution is 2.30. The number of ether oxygens (including phenoxy) is 1. The normalized spacial score (nSPS) is 13.1. The first-order valence-electron chi connectivity index (χ1n) is 7.93. The first-order chi connectivity index (χ1) is 10.0. The van der Waals surface area contributed by atoms with Crippen LogP contribution < -0.4 is 10.1 Å². The van der Waals surface area contributed by atoms with Gasteiger partial charge >= 0.3 is 0 Å². The third-order valence-corrected chi connectivity index (χ3v) is 4.69. The van der Waals surface area contributed by atoms with Gasteiger partial charge in [0.2, 0.25) is 0 Å². The Hall–Kier alpha value is -0.680. The number of nitrogens with one attached hydrogen (secondary N) is 1. The number of hydrogen-bond acceptors (Lipinski definition) is 4. The van der Waals surface area contributed by atoms with Crippen molar-refractivity contribution in [3.05, 3.63) is 11.9 Å². The smallest absolute Gasteiger partial charge is 0.161 e. The monoisotopic (exact) mass is 313 g/mol. The van der Waals surface area contributed by atoms with E-state index in [1.54, 1.807) is 7.11 Å². The SMILES string of the molecule is CCCNC(CSCC(C)C)c1c(OC)cnn1C(C)C. The Labute approximate surface area is 134 Å². The van der Waals surface area contributed by atoms with Crippen LogP contribution in [-0.2, 0) is 0 Å². The molecule has 0 saturated heterocycles. The van der Waals surface area contributed by atoms with Crippen LogP contribution in [0.2, 0.25) is 0 Å².